The topological polar surface area (TPSA) is 17.0 Å². The number of hydrogen-bond donors (Lipinski definition) is 1. The molecule has 14 rings (SSSR count). The second kappa shape index (κ2) is 13.7. The monoisotopic (exact) mass is 915 g/mol. The van der Waals surface area contributed by atoms with E-state index in [1.54, 1.807) is 0 Å². The van der Waals surface area contributed by atoms with Crippen molar-refractivity contribution in [2.24, 2.45) is 0 Å². The summed E-state index contributed by atoms with van der Waals surface area (Å²) >= 11 is 3.91. The molecule has 0 bridgehead atoms. The maximum absolute atomic E-state index is 4.25. The van der Waals surface area contributed by atoms with Gasteiger partial charge in [-0.2, -0.15) is 0 Å². The molecule has 1 radical (unpaired) electrons. The van der Waals surface area contributed by atoms with Gasteiger partial charge >= 0.3 is 0 Å². The first-order chi connectivity index (χ1) is 32.5. The van der Waals surface area contributed by atoms with Crippen LogP contribution >= 0.6 is 22.7 Å². The molecule has 0 spiro atoms. The minimum absolute atomic E-state index is 0.0902. The summed E-state index contributed by atoms with van der Waals surface area (Å²) < 4.78 is 8.01. The van der Waals surface area contributed by atoms with Gasteiger partial charge in [-0.25, -0.2) is 0 Å². The number of para-hydroxylation sites is 1. The van der Waals surface area contributed by atoms with Gasteiger partial charge in [0.05, 0.1) is 5.52 Å². The highest BCUT2D eigenvalue weighted by Crippen LogP contribution is 2.54. The van der Waals surface area contributed by atoms with E-state index >= 15 is 0 Å². The van der Waals surface area contributed by atoms with Crippen LogP contribution in [0.4, 0.5) is 11.4 Å². The predicted octanol–water partition coefficient (Wildman–Crippen LogP) is 17.1. The zero-order chi connectivity index (χ0) is 46.4. The van der Waals surface area contributed by atoms with Crippen molar-refractivity contribution in [3.63, 3.8) is 0 Å². The smallest absolute Gasteiger partial charge is 0.197 e. The zero-order valence-corrected chi connectivity index (χ0v) is 42.3. The maximum atomic E-state index is 4.25. The fourth-order valence-electron chi connectivity index (χ4n) is 13.1. The summed E-state index contributed by atoms with van der Waals surface area (Å²) in [6.07, 6.45) is 4.80. The van der Waals surface area contributed by atoms with E-state index in [1.165, 1.54) is 160 Å². The fraction of sp³-hybridized carbons (Fsp3) is 0.270. The van der Waals surface area contributed by atoms with Crippen LogP contribution in [0.2, 0.25) is 0 Å². The van der Waals surface area contributed by atoms with Gasteiger partial charge in [0.25, 0.3) is 0 Å². The molecular weight excluding hydrogens is 860 g/mol. The van der Waals surface area contributed by atoms with E-state index in [2.05, 4.69) is 201 Å². The fourth-order valence-corrected chi connectivity index (χ4v) is 15.4. The van der Waals surface area contributed by atoms with Crippen LogP contribution in [0.5, 0.6) is 0 Å². The zero-order valence-electron chi connectivity index (χ0n) is 40.7. The van der Waals surface area contributed by atoms with Crippen LogP contribution in [0.25, 0.3) is 89.7 Å². The lowest BCUT2D eigenvalue weighted by Gasteiger charge is -2.42. The Balaban J connectivity index is 1.07. The van der Waals surface area contributed by atoms with Crippen molar-refractivity contribution in [3.05, 3.63) is 149 Å². The average molecular weight is 916 g/mol. The minimum atomic E-state index is 0.0902. The SMILES string of the molecule is Cc1cc(-c2c(Nc3cccc4sc5cc6c(cc5c34)C(C)(C)CCC6(C)C)ccc3sc4cc5c(cc4c23)C(C)(C)CCC5(C)C)c2c(c1)-n1c3cc4ccccc4cc3c3cccc(c31)[B]2. The summed E-state index contributed by atoms with van der Waals surface area (Å²) in [4.78, 5) is 0. The van der Waals surface area contributed by atoms with E-state index in [0.29, 0.717) is 0 Å². The van der Waals surface area contributed by atoms with E-state index in [-0.39, 0.29) is 21.7 Å². The highest BCUT2D eigenvalue weighted by molar-refractivity contribution is 7.26. The number of rotatable bonds is 3. The largest absolute Gasteiger partial charge is 0.354 e. The van der Waals surface area contributed by atoms with Crippen LogP contribution in [0.1, 0.15) is 109 Å². The first-order valence-corrected chi connectivity index (χ1v) is 26.5. The molecule has 5 heteroatoms. The first kappa shape index (κ1) is 41.1. The number of benzene rings is 8. The Kier molecular flexibility index (Phi) is 8.27. The summed E-state index contributed by atoms with van der Waals surface area (Å²) in [6.45, 7) is 21.9. The predicted molar refractivity (Wildman–Crippen MR) is 300 cm³/mol. The molecule has 0 saturated heterocycles. The minimum Gasteiger partial charge on any atom is -0.354 e. The van der Waals surface area contributed by atoms with Crippen LogP contribution in [-0.2, 0) is 21.7 Å². The van der Waals surface area contributed by atoms with Crippen molar-refractivity contribution in [1.29, 1.82) is 0 Å². The Labute approximate surface area is 408 Å². The van der Waals surface area contributed by atoms with Crippen molar-refractivity contribution >= 4 is 125 Å². The average Bonchev–Trinajstić information content (AvgIpc) is 3.98. The third kappa shape index (κ3) is 5.69. The van der Waals surface area contributed by atoms with Gasteiger partial charge in [-0.15, -0.1) is 22.7 Å². The molecular formula is C63H56BN2S2. The van der Waals surface area contributed by atoms with E-state index in [1.807, 2.05) is 22.7 Å². The van der Waals surface area contributed by atoms with Crippen LogP contribution in [0, 0.1) is 6.92 Å². The van der Waals surface area contributed by atoms with Crippen LogP contribution < -0.4 is 16.2 Å². The molecule has 0 fully saturated rings. The highest BCUT2D eigenvalue weighted by Gasteiger charge is 2.39. The maximum Gasteiger partial charge on any atom is 0.197 e. The second-order valence-electron chi connectivity index (χ2n) is 23.4. The number of nitrogens with one attached hydrogen (secondary N) is 1. The number of nitrogens with zero attached hydrogens (tertiary/aromatic N) is 1. The Morgan fingerprint density at radius 2 is 1.09 bits per heavy atom. The molecule has 333 valence electrons. The van der Waals surface area contributed by atoms with E-state index < -0.39 is 0 Å². The summed E-state index contributed by atoms with van der Waals surface area (Å²) in [6, 6.07) is 47.5. The number of anilines is 2. The van der Waals surface area contributed by atoms with Crippen molar-refractivity contribution in [3.8, 4) is 16.8 Å². The quantitative estimate of drug-likeness (QED) is 0.175. The van der Waals surface area contributed by atoms with E-state index in [4.69, 9.17) is 0 Å². The van der Waals surface area contributed by atoms with Crippen LogP contribution in [0.3, 0.4) is 0 Å². The molecule has 1 aliphatic heterocycles. The van der Waals surface area contributed by atoms with Gasteiger partial charge in [0.1, 0.15) is 0 Å². The summed E-state index contributed by atoms with van der Waals surface area (Å²) in [5.41, 5.74) is 19.0. The number of aryl methyl sites for hydroxylation is 1. The number of fused-ring (bicyclic) bond motifs is 14. The standard InChI is InChI=1S/C63H56BN2S2/c1-34-26-41(58-50(27-34)66-49-29-36-15-11-10-14-35(36)28-38(49)37-16-12-17-46(64-58)59(37)66)56-48(20-21-52-57(56)40-31-43-45(33-54(40)68-52)63(8,9)25-23-61(43,4)5)65-47-18-13-19-51-55(47)39-30-42-44(32-53(39)67-51)62(6,7)24-22-60(42,2)3/h10-21,26-33,65H,22-25H2,1-9H3. The highest BCUT2D eigenvalue weighted by atomic mass is 32.1. The van der Waals surface area contributed by atoms with Gasteiger partial charge in [-0.05, 0) is 171 Å². The van der Waals surface area contributed by atoms with Crippen LogP contribution in [0.15, 0.2) is 121 Å². The Bertz CT molecular complexity index is 4050. The summed E-state index contributed by atoms with van der Waals surface area (Å²) in [5.74, 6) is 0. The van der Waals surface area contributed by atoms with Gasteiger partial charge in [0, 0.05) is 79.3 Å². The Hall–Kier alpha value is -5.88. The van der Waals surface area contributed by atoms with Crippen molar-refractivity contribution in [2.45, 2.75) is 110 Å². The molecule has 0 saturated carbocycles. The molecule has 11 aromatic rings. The lowest BCUT2D eigenvalue weighted by Crippen LogP contribution is -2.37. The van der Waals surface area contributed by atoms with Gasteiger partial charge in [0.2, 0.25) is 0 Å². The third-order valence-corrected chi connectivity index (χ3v) is 19.4. The van der Waals surface area contributed by atoms with Gasteiger partial charge in [-0.1, -0.05) is 115 Å². The third-order valence-electron chi connectivity index (χ3n) is 17.1. The second-order valence-corrected chi connectivity index (χ2v) is 25.5. The summed E-state index contributed by atoms with van der Waals surface area (Å²) in [5, 5.41) is 14.8. The number of thiophene rings is 2. The molecule has 4 heterocycles. The molecule has 1 N–H and O–H groups in total. The molecule has 8 aromatic carbocycles. The van der Waals surface area contributed by atoms with Crippen molar-refractivity contribution in [2.75, 3.05) is 5.32 Å². The van der Waals surface area contributed by atoms with Gasteiger partial charge in [0.15, 0.2) is 7.28 Å². The Morgan fingerprint density at radius 3 is 1.75 bits per heavy atom. The van der Waals surface area contributed by atoms with Crippen molar-refractivity contribution < 1.29 is 0 Å². The molecule has 2 aliphatic carbocycles. The van der Waals surface area contributed by atoms with Gasteiger partial charge < -0.3 is 9.88 Å². The van der Waals surface area contributed by atoms with Crippen molar-refractivity contribution in [1.82, 2.24) is 4.57 Å². The summed E-state index contributed by atoms with van der Waals surface area (Å²) in [7, 11) is 2.50. The molecule has 0 unspecified atom stereocenters. The lowest BCUT2D eigenvalue weighted by atomic mass is 9.58. The lowest BCUT2D eigenvalue weighted by molar-refractivity contribution is 0.332. The normalized spacial score (nSPS) is 17.5. The Morgan fingerprint density at radius 1 is 0.500 bits per heavy atom. The molecule has 68 heavy (non-hydrogen) atoms. The molecule has 2 nitrogen and oxygen atoms in total. The molecule has 0 atom stereocenters. The first-order valence-electron chi connectivity index (χ1n) is 24.8. The number of hydrogen-bond acceptors (Lipinski definition) is 3. The number of aromatic nitrogens is 1. The molecule has 3 aromatic heterocycles. The van der Waals surface area contributed by atoms with E-state index in [9.17, 15) is 0 Å². The van der Waals surface area contributed by atoms with Crippen LogP contribution in [-0.4, -0.2) is 11.8 Å². The molecule has 0 amide bonds. The van der Waals surface area contributed by atoms with E-state index in [0.717, 1.165) is 5.69 Å². The molecule has 3 aliphatic rings. The van der Waals surface area contributed by atoms with Gasteiger partial charge in [-0.3, -0.25) is 0 Å².